The summed E-state index contributed by atoms with van der Waals surface area (Å²) in [6.07, 6.45) is 1.59. The minimum Gasteiger partial charge on any atom is -0.360 e. The van der Waals surface area contributed by atoms with Gasteiger partial charge in [-0.3, -0.25) is 10.1 Å². The lowest BCUT2D eigenvalue weighted by atomic mass is 10.0. The highest BCUT2D eigenvalue weighted by atomic mass is 79.9. The second-order valence-electron chi connectivity index (χ2n) is 4.33. The van der Waals surface area contributed by atoms with E-state index in [9.17, 15) is 14.0 Å². The number of benzene rings is 1. The van der Waals surface area contributed by atoms with Crippen molar-refractivity contribution in [2.45, 2.75) is 12.8 Å². The van der Waals surface area contributed by atoms with Gasteiger partial charge in [0.1, 0.15) is 5.82 Å². The minimum absolute atomic E-state index is 0.0888. The number of hydrogen-bond donors (Lipinski definition) is 2. The van der Waals surface area contributed by atoms with Gasteiger partial charge in [-0.15, -0.1) is 0 Å². The SMILES string of the molecule is NC(=O)NC(=O)CN1CCCc2cc(Br)cc(F)c21. The van der Waals surface area contributed by atoms with Gasteiger partial charge in [0.15, 0.2) is 0 Å². The van der Waals surface area contributed by atoms with Crippen molar-refractivity contribution in [1.29, 1.82) is 0 Å². The fourth-order valence-electron chi connectivity index (χ4n) is 2.24. The number of imide groups is 1. The molecule has 1 aromatic carbocycles. The lowest BCUT2D eigenvalue weighted by molar-refractivity contribution is -0.118. The normalized spacial score (nSPS) is 13.9. The summed E-state index contributed by atoms with van der Waals surface area (Å²) in [6.45, 7) is 0.478. The van der Waals surface area contributed by atoms with Gasteiger partial charge in [0.2, 0.25) is 5.91 Å². The Balaban J connectivity index is 2.22. The Morgan fingerprint density at radius 2 is 2.21 bits per heavy atom. The van der Waals surface area contributed by atoms with Crippen molar-refractivity contribution in [2.75, 3.05) is 18.0 Å². The molecule has 0 atom stereocenters. The maximum absolute atomic E-state index is 14.0. The molecule has 7 heteroatoms. The Kier molecular flexibility index (Phi) is 4.04. The minimum atomic E-state index is -0.904. The molecule has 1 aliphatic rings. The first-order chi connectivity index (χ1) is 8.97. The van der Waals surface area contributed by atoms with Gasteiger partial charge >= 0.3 is 6.03 Å². The van der Waals surface area contributed by atoms with E-state index in [1.165, 1.54) is 6.07 Å². The number of carbonyl (C=O) groups excluding carboxylic acids is 2. The van der Waals surface area contributed by atoms with E-state index < -0.39 is 11.9 Å². The van der Waals surface area contributed by atoms with Gasteiger partial charge in [-0.1, -0.05) is 15.9 Å². The molecular weight excluding hydrogens is 317 g/mol. The molecule has 3 N–H and O–H groups in total. The molecule has 0 saturated heterocycles. The van der Waals surface area contributed by atoms with Crippen LogP contribution >= 0.6 is 15.9 Å². The number of hydrogen-bond acceptors (Lipinski definition) is 3. The average Bonchev–Trinajstić information content (AvgIpc) is 2.26. The van der Waals surface area contributed by atoms with Crippen LogP contribution in [0.1, 0.15) is 12.0 Å². The summed E-state index contributed by atoms with van der Waals surface area (Å²) in [5.74, 6) is -0.918. The van der Waals surface area contributed by atoms with Gasteiger partial charge < -0.3 is 10.6 Å². The predicted octanol–water partition coefficient (Wildman–Crippen LogP) is 1.54. The number of primary amides is 1. The molecule has 1 aromatic rings. The summed E-state index contributed by atoms with van der Waals surface area (Å²) in [6, 6.07) is 2.30. The summed E-state index contributed by atoms with van der Waals surface area (Å²) >= 11 is 3.25. The number of rotatable bonds is 2. The second kappa shape index (κ2) is 5.56. The van der Waals surface area contributed by atoms with Crippen molar-refractivity contribution >= 4 is 33.6 Å². The van der Waals surface area contributed by atoms with Crippen LogP contribution in [0.3, 0.4) is 0 Å². The van der Waals surface area contributed by atoms with Crippen molar-refractivity contribution < 1.29 is 14.0 Å². The standard InChI is InChI=1S/C12H13BrFN3O2/c13-8-4-7-2-1-3-17(11(7)9(14)5-8)6-10(18)16-12(15)19/h4-5H,1-3,6H2,(H3,15,16,18,19). The third-order valence-electron chi connectivity index (χ3n) is 2.89. The molecule has 0 aliphatic carbocycles. The highest BCUT2D eigenvalue weighted by Crippen LogP contribution is 2.32. The Bertz CT molecular complexity index is 536. The molecule has 2 rings (SSSR count). The quantitative estimate of drug-likeness (QED) is 0.864. The van der Waals surface area contributed by atoms with Crippen LogP contribution < -0.4 is 16.0 Å². The fraction of sp³-hybridized carbons (Fsp3) is 0.333. The van der Waals surface area contributed by atoms with Crippen LogP contribution in [-0.2, 0) is 11.2 Å². The van der Waals surface area contributed by atoms with Crippen LogP contribution in [0.15, 0.2) is 16.6 Å². The first kappa shape index (κ1) is 13.8. The number of nitrogens with zero attached hydrogens (tertiary/aromatic N) is 1. The molecule has 0 saturated carbocycles. The van der Waals surface area contributed by atoms with Crippen LogP contribution in [0.5, 0.6) is 0 Å². The van der Waals surface area contributed by atoms with Crippen molar-refractivity contribution in [3.63, 3.8) is 0 Å². The molecule has 102 valence electrons. The number of nitrogens with one attached hydrogen (secondary N) is 1. The number of carbonyl (C=O) groups is 2. The summed E-state index contributed by atoms with van der Waals surface area (Å²) < 4.78 is 14.7. The van der Waals surface area contributed by atoms with Gasteiger partial charge in [0.05, 0.1) is 12.2 Å². The molecule has 0 fully saturated rings. The predicted molar refractivity (Wildman–Crippen MR) is 72.4 cm³/mol. The largest absolute Gasteiger partial charge is 0.360 e. The summed E-state index contributed by atoms with van der Waals surface area (Å²) in [4.78, 5) is 23.7. The number of anilines is 1. The van der Waals surface area contributed by atoms with Crippen LogP contribution in [0.2, 0.25) is 0 Å². The number of halogens is 2. The van der Waals surface area contributed by atoms with E-state index in [0.29, 0.717) is 16.7 Å². The molecule has 0 radical (unpaired) electrons. The van der Waals surface area contributed by atoms with E-state index in [1.807, 2.05) is 11.4 Å². The molecule has 0 unspecified atom stereocenters. The number of fused-ring (bicyclic) bond motifs is 1. The van der Waals surface area contributed by atoms with Gasteiger partial charge in [0.25, 0.3) is 0 Å². The van der Waals surface area contributed by atoms with Gasteiger partial charge in [-0.2, -0.15) is 0 Å². The number of urea groups is 1. The molecule has 0 aromatic heterocycles. The van der Waals surface area contributed by atoms with E-state index in [-0.39, 0.29) is 12.4 Å². The van der Waals surface area contributed by atoms with Crippen molar-refractivity contribution in [3.8, 4) is 0 Å². The number of amides is 3. The Morgan fingerprint density at radius 3 is 2.89 bits per heavy atom. The summed E-state index contributed by atoms with van der Waals surface area (Å²) in [5, 5.41) is 1.98. The van der Waals surface area contributed by atoms with Gasteiger partial charge in [0, 0.05) is 11.0 Å². The monoisotopic (exact) mass is 329 g/mol. The van der Waals surface area contributed by atoms with Crippen molar-refractivity contribution in [1.82, 2.24) is 5.32 Å². The number of nitrogens with two attached hydrogens (primary N) is 1. The molecule has 0 spiro atoms. The van der Waals surface area contributed by atoms with E-state index in [2.05, 4.69) is 15.9 Å². The topological polar surface area (TPSA) is 75.4 Å². The summed E-state index contributed by atoms with van der Waals surface area (Å²) in [7, 11) is 0. The zero-order valence-electron chi connectivity index (χ0n) is 10.1. The van der Waals surface area contributed by atoms with E-state index in [1.54, 1.807) is 4.90 Å². The molecule has 1 heterocycles. The van der Waals surface area contributed by atoms with Crippen molar-refractivity contribution in [2.24, 2.45) is 5.73 Å². The van der Waals surface area contributed by atoms with Gasteiger partial charge in [-0.25, -0.2) is 9.18 Å². The Morgan fingerprint density at radius 1 is 1.47 bits per heavy atom. The van der Waals surface area contributed by atoms with Crippen LogP contribution in [0.4, 0.5) is 14.9 Å². The average molecular weight is 330 g/mol. The third-order valence-corrected chi connectivity index (χ3v) is 3.35. The first-order valence-electron chi connectivity index (χ1n) is 5.79. The maximum atomic E-state index is 14.0. The van der Waals surface area contributed by atoms with Crippen molar-refractivity contribution in [3.05, 3.63) is 28.0 Å². The molecule has 0 bridgehead atoms. The molecule has 19 heavy (non-hydrogen) atoms. The lowest BCUT2D eigenvalue weighted by Crippen LogP contribution is -2.44. The number of aryl methyl sites for hydroxylation is 1. The summed E-state index contributed by atoms with van der Waals surface area (Å²) in [5.41, 5.74) is 6.15. The Labute approximate surface area is 118 Å². The maximum Gasteiger partial charge on any atom is 0.318 e. The third kappa shape index (κ3) is 3.23. The van der Waals surface area contributed by atoms with E-state index in [0.717, 1.165) is 18.4 Å². The zero-order chi connectivity index (χ0) is 14.0. The lowest BCUT2D eigenvalue weighted by Gasteiger charge is -2.31. The second-order valence-corrected chi connectivity index (χ2v) is 5.25. The first-order valence-corrected chi connectivity index (χ1v) is 6.59. The van der Waals surface area contributed by atoms with E-state index in [4.69, 9.17) is 5.73 Å². The van der Waals surface area contributed by atoms with Crippen LogP contribution in [0.25, 0.3) is 0 Å². The molecule has 3 amide bonds. The fourth-order valence-corrected chi connectivity index (χ4v) is 2.72. The Hall–Kier alpha value is -1.63. The highest BCUT2D eigenvalue weighted by molar-refractivity contribution is 9.10. The van der Waals surface area contributed by atoms with E-state index >= 15 is 0 Å². The van der Waals surface area contributed by atoms with Gasteiger partial charge in [-0.05, 0) is 30.5 Å². The smallest absolute Gasteiger partial charge is 0.318 e. The van der Waals surface area contributed by atoms with Crippen LogP contribution in [0, 0.1) is 5.82 Å². The van der Waals surface area contributed by atoms with Crippen LogP contribution in [-0.4, -0.2) is 25.0 Å². The zero-order valence-corrected chi connectivity index (χ0v) is 11.7. The highest BCUT2D eigenvalue weighted by Gasteiger charge is 2.23. The molecular formula is C12H13BrFN3O2. The molecule has 1 aliphatic heterocycles. The molecule has 5 nitrogen and oxygen atoms in total.